The van der Waals surface area contributed by atoms with Crippen molar-refractivity contribution in [2.75, 3.05) is 46.6 Å². The molecule has 0 amide bonds. The summed E-state index contributed by atoms with van der Waals surface area (Å²) in [5, 5.41) is 3.30. The number of methoxy groups -OCH3 is 1. The van der Waals surface area contributed by atoms with Gasteiger partial charge in [0.2, 0.25) is 0 Å². The second-order valence-electron chi connectivity index (χ2n) is 6.19. The Morgan fingerprint density at radius 1 is 1.08 bits per heavy atom. The summed E-state index contributed by atoms with van der Waals surface area (Å²) in [6.07, 6.45) is 1.47. The van der Waals surface area contributed by atoms with Crippen LogP contribution in [-0.2, 0) is 4.74 Å². The van der Waals surface area contributed by atoms with E-state index in [9.17, 15) is 0 Å². The number of benzene rings is 2. The standard InChI is InChI=1S/C19H20ClN3O3/c1-24-17-10-13-8-15-16(21-12-22-19(15)20)9-14(13)11-18(17)26-7-4-23-2-5-25-6-3-23/h8-12H,2-7H2,1H3. The van der Waals surface area contributed by atoms with Crippen molar-refractivity contribution in [3.05, 3.63) is 35.7 Å². The number of hydrogen-bond acceptors (Lipinski definition) is 6. The Bertz CT molecular complexity index is 929. The van der Waals surface area contributed by atoms with Gasteiger partial charge in [-0.25, -0.2) is 9.97 Å². The molecule has 1 aliphatic rings. The predicted molar refractivity (Wildman–Crippen MR) is 101 cm³/mol. The summed E-state index contributed by atoms with van der Waals surface area (Å²) in [5.74, 6) is 1.43. The largest absolute Gasteiger partial charge is 0.493 e. The number of fused-ring (bicyclic) bond motifs is 2. The maximum Gasteiger partial charge on any atom is 0.161 e. The van der Waals surface area contributed by atoms with Crippen LogP contribution >= 0.6 is 11.6 Å². The van der Waals surface area contributed by atoms with Crippen LogP contribution in [0.15, 0.2) is 30.6 Å². The molecule has 0 N–H and O–H groups in total. The molecule has 0 unspecified atom stereocenters. The number of ether oxygens (including phenoxy) is 3. The Hall–Kier alpha value is -2.15. The fourth-order valence-electron chi connectivity index (χ4n) is 3.16. The SMILES string of the molecule is COc1cc2cc3c(Cl)ncnc3cc2cc1OCCN1CCOCC1. The van der Waals surface area contributed by atoms with Crippen molar-refractivity contribution in [2.45, 2.75) is 0 Å². The lowest BCUT2D eigenvalue weighted by molar-refractivity contribution is 0.0321. The second kappa shape index (κ2) is 7.61. The quantitative estimate of drug-likeness (QED) is 0.506. The molecule has 0 atom stereocenters. The molecule has 136 valence electrons. The van der Waals surface area contributed by atoms with Gasteiger partial charge in [-0.2, -0.15) is 0 Å². The summed E-state index contributed by atoms with van der Waals surface area (Å²) in [6.45, 7) is 4.94. The Morgan fingerprint density at radius 2 is 1.85 bits per heavy atom. The molecule has 26 heavy (non-hydrogen) atoms. The van der Waals surface area contributed by atoms with E-state index in [2.05, 4.69) is 14.9 Å². The van der Waals surface area contributed by atoms with Crippen LogP contribution < -0.4 is 9.47 Å². The summed E-state index contributed by atoms with van der Waals surface area (Å²) in [5.41, 5.74) is 0.807. The highest BCUT2D eigenvalue weighted by molar-refractivity contribution is 6.34. The molecule has 1 aliphatic heterocycles. The maximum atomic E-state index is 6.18. The number of rotatable bonds is 5. The molecule has 0 aliphatic carbocycles. The van der Waals surface area contributed by atoms with Gasteiger partial charge < -0.3 is 14.2 Å². The van der Waals surface area contributed by atoms with Crippen LogP contribution in [0, 0.1) is 0 Å². The molecule has 2 heterocycles. The number of aromatic nitrogens is 2. The molecule has 0 bridgehead atoms. The van der Waals surface area contributed by atoms with Crippen molar-refractivity contribution in [1.82, 2.24) is 14.9 Å². The van der Waals surface area contributed by atoms with Crippen molar-refractivity contribution >= 4 is 33.3 Å². The predicted octanol–water partition coefficient (Wildman–Crippen LogP) is 3.16. The van der Waals surface area contributed by atoms with Crippen molar-refractivity contribution in [1.29, 1.82) is 0 Å². The Labute approximate surface area is 156 Å². The van der Waals surface area contributed by atoms with E-state index < -0.39 is 0 Å². The molecular weight excluding hydrogens is 354 g/mol. The lowest BCUT2D eigenvalue weighted by Crippen LogP contribution is -2.38. The van der Waals surface area contributed by atoms with E-state index in [0.29, 0.717) is 17.5 Å². The summed E-state index contributed by atoms with van der Waals surface area (Å²) in [6, 6.07) is 7.92. The lowest BCUT2D eigenvalue weighted by Gasteiger charge is -2.26. The van der Waals surface area contributed by atoms with E-state index in [1.54, 1.807) is 7.11 Å². The van der Waals surface area contributed by atoms with E-state index in [-0.39, 0.29) is 0 Å². The molecule has 1 saturated heterocycles. The summed E-state index contributed by atoms with van der Waals surface area (Å²) < 4.78 is 16.9. The van der Waals surface area contributed by atoms with Gasteiger partial charge in [0.25, 0.3) is 0 Å². The second-order valence-corrected chi connectivity index (χ2v) is 6.54. The molecule has 3 aromatic rings. The first-order valence-electron chi connectivity index (χ1n) is 8.59. The van der Waals surface area contributed by atoms with Crippen LogP contribution in [0.3, 0.4) is 0 Å². The van der Waals surface area contributed by atoms with Crippen molar-refractivity contribution in [2.24, 2.45) is 0 Å². The van der Waals surface area contributed by atoms with Gasteiger partial charge in [0, 0.05) is 25.0 Å². The van der Waals surface area contributed by atoms with Gasteiger partial charge in [-0.15, -0.1) is 0 Å². The highest BCUT2D eigenvalue weighted by atomic mass is 35.5. The van der Waals surface area contributed by atoms with Gasteiger partial charge in [0.05, 0.1) is 25.8 Å². The molecule has 7 heteroatoms. The first kappa shape index (κ1) is 17.3. The first-order chi connectivity index (χ1) is 12.7. The minimum Gasteiger partial charge on any atom is -0.493 e. The van der Waals surface area contributed by atoms with E-state index in [1.165, 1.54) is 6.33 Å². The minimum absolute atomic E-state index is 0.446. The number of hydrogen-bond donors (Lipinski definition) is 0. The molecule has 2 aromatic carbocycles. The highest BCUT2D eigenvalue weighted by Crippen LogP contribution is 2.35. The Kier molecular flexibility index (Phi) is 5.06. The average Bonchev–Trinajstić information content (AvgIpc) is 2.67. The third-order valence-electron chi connectivity index (χ3n) is 4.60. The molecule has 0 spiro atoms. The smallest absolute Gasteiger partial charge is 0.161 e. The van der Waals surface area contributed by atoms with Crippen LogP contribution in [0.5, 0.6) is 11.5 Å². The fourth-order valence-corrected chi connectivity index (χ4v) is 3.36. The first-order valence-corrected chi connectivity index (χ1v) is 8.97. The van der Waals surface area contributed by atoms with Gasteiger partial charge in [-0.1, -0.05) is 11.6 Å². The third-order valence-corrected chi connectivity index (χ3v) is 4.90. The summed E-state index contributed by atoms with van der Waals surface area (Å²) in [7, 11) is 1.65. The number of morpholine rings is 1. The Balaban J connectivity index is 1.60. The van der Waals surface area contributed by atoms with E-state index in [0.717, 1.165) is 60.3 Å². The van der Waals surface area contributed by atoms with Crippen molar-refractivity contribution in [3.8, 4) is 11.5 Å². The monoisotopic (exact) mass is 373 g/mol. The van der Waals surface area contributed by atoms with Gasteiger partial charge in [0.15, 0.2) is 11.5 Å². The van der Waals surface area contributed by atoms with E-state index >= 15 is 0 Å². The molecule has 0 radical (unpaired) electrons. The molecular formula is C19H20ClN3O3. The molecule has 4 rings (SSSR count). The zero-order valence-electron chi connectivity index (χ0n) is 14.6. The van der Waals surface area contributed by atoms with Gasteiger partial charge in [-0.3, -0.25) is 4.90 Å². The molecule has 1 aromatic heterocycles. The number of halogens is 1. The van der Waals surface area contributed by atoms with Crippen LogP contribution in [0.2, 0.25) is 5.15 Å². The lowest BCUT2D eigenvalue weighted by atomic mass is 10.1. The van der Waals surface area contributed by atoms with Crippen LogP contribution in [0.25, 0.3) is 21.7 Å². The fraction of sp³-hybridized carbons (Fsp3) is 0.368. The van der Waals surface area contributed by atoms with Gasteiger partial charge >= 0.3 is 0 Å². The topological polar surface area (TPSA) is 56.7 Å². The molecule has 0 saturated carbocycles. The minimum atomic E-state index is 0.446. The van der Waals surface area contributed by atoms with Gasteiger partial charge in [-0.05, 0) is 35.0 Å². The zero-order chi connectivity index (χ0) is 17.9. The molecule has 1 fully saturated rings. The maximum absolute atomic E-state index is 6.18. The summed E-state index contributed by atoms with van der Waals surface area (Å²) >= 11 is 6.18. The third kappa shape index (κ3) is 3.53. The van der Waals surface area contributed by atoms with E-state index in [1.807, 2.05) is 24.3 Å². The van der Waals surface area contributed by atoms with Crippen LogP contribution in [0.4, 0.5) is 0 Å². The van der Waals surface area contributed by atoms with E-state index in [4.69, 9.17) is 25.8 Å². The van der Waals surface area contributed by atoms with Crippen molar-refractivity contribution in [3.63, 3.8) is 0 Å². The zero-order valence-corrected chi connectivity index (χ0v) is 15.3. The van der Waals surface area contributed by atoms with Crippen molar-refractivity contribution < 1.29 is 14.2 Å². The Morgan fingerprint density at radius 3 is 2.65 bits per heavy atom. The van der Waals surface area contributed by atoms with Crippen LogP contribution in [0.1, 0.15) is 0 Å². The van der Waals surface area contributed by atoms with Gasteiger partial charge in [0.1, 0.15) is 18.1 Å². The highest BCUT2D eigenvalue weighted by Gasteiger charge is 2.13. The normalized spacial score (nSPS) is 15.5. The summed E-state index contributed by atoms with van der Waals surface area (Å²) in [4.78, 5) is 10.7. The number of nitrogens with zero attached hydrogens (tertiary/aromatic N) is 3. The average molecular weight is 374 g/mol. The molecule has 6 nitrogen and oxygen atoms in total. The van der Waals surface area contributed by atoms with Crippen LogP contribution in [-0.4, -0.2) is 61.4 Å².